The number of nitrogens with one attached hydrogen (secondary N) is 1. The number of aliphatic carboxylic acids is 1. The molecule has 0 saturated carbocycles. The van der Waals surface area contributed by atoms with Gasteiger partial charge in [-0.1, -0.05) is 0 Å². The minimum Gasteiger partial charge on any atom is -0.480 e. The highest BCUT2D eigenvalue weighted by atomic mass is 16.4. The maximum atomic E-state index is 11.1. The van der Waals surface area contributed by atoms with Crippen molar-refractivity contribution in [3.63, 3.8) is 0 Å². The predicted molar refractivity (Wildman–Crippen MR) is 67.2 cm³/mol. The minimum absolute atomic E-state index is 0.341. The predicted octanol–water partition coefficient (Wildman–Crippen LogP) is 1.61. The first-order valence-corrected chi connectivity index (χ1v) is 6.13. The van der Waals surface area contributed by atoms with Crippen LogP contribution in [0.25, 0.3) is 11.0 Å². The highest BCUT2D eigenvalue weighted by Crippen LogP contribution is 2.23. The van der Waals surface area contributed by atoms with Crippen LogP contribution in [0.3, 0.4) is 0 Å². The Kier molecular flexibility index (Phi) is 2.76. The standard InChI is InChI=1S/C13H15N3O2/c17-13(18)11-4-2-6-16(11)8-9-7-15-12-10(9)3-1-5-14-12/h1,3,5,7,11H,2,4,6,8H2,(H,14,15)(H,17,18). The van der Waals surface area contributed by atoms with Gasteiger partial charge < -0.3 is 10.1 Å². The van der Waals surface area contributed by atoms with Crippen molar-refractivity contribution in [1.82, 2.24) is 14.9 Å². The van der Waals surface area contributed by atoms with Gasteiger partial charge in [-0.3, -0.25) is 9.69 Å². The van der Waals surface area contributed by atoms with Crippen LogP contribution in [-0.2, 0) is 11.3 Å². The fraction of sp³-hybridized carbons (Fsp3) is 0.385. The molecule has 0 spiro atoms. The van der Waals surface area contributed by atoms with Gasteiger partial charge in [0.05, 0.1) is 0 Å². The average Bonchev–Trinajstić information content (AvgIpc) is 2.97. The van der Waals surface area contributed by atoms with Gasteiger partial charge in [0.25, 0.3) is 0 Å². The Balaban J connectivity index is 1.86. The van der Waals surface area contributed by atoms with Crippen LogP contribution < -0.4 is 0 Å². The van der Waals surface area contributed by atoms with Gasteiger partial charge in [0.2, 0.25) is 0 Å². The number of aromatic amines is 1. The summed E-state index contributed by atoms with van der Waals surface area (Å²) in [5.74, 6) is -0.717. The first kappa shape index (κ1) is 11.2. The topological polar surface area (TPSA) is 69.2 Å². The molecule has 2 N–H and O–H groups in total. The van der Waals surface area contributed by atoms with Gasteiger partial charge in [-0.05, 0) is 37.1 Å². The van der Waals surface area contributed by atoms with Crippen LogP contribution in [0.4, 0.5) is 0 Å². The molecule has 18 heavy (non-hydrogen) atoms. The monoisotopic (exact) mass is 245 g/mol. The van der Waals surface area contributed by atoms with E-state index in [4.69, 9.17) is 5.11 Å². The van der Waals surface area contributed by atoms with Gasteiger partial charge in [-0.15, -0.1) is 0 Å². The van der Waals surface area contributed by atoms with Crippen molar-refractivity contribution in [2.45, 2.75) is 25.4 Å². The number of fused-ring (bicyclic) bond motifs is 1. The van der Waals surface area contributed by atoms with Gasteiger partial charge in [-0.25, -0.2) is 4.98 Å². The van der Waals surface area contributed by atoms with E-state index in [0.29, 0.717) is 6.54 Å². The lowest BCUT2D eigenvalue weighted by molar-refractivity contribution is -0.142. The van der Waals surface area contributed by atoms with Gasteiger partial charge >= 0.3 is 5.97 Å². The Labute approximate surface area is 104 Å². The molecule has 3 rings (SSSR count). The van der Waals surface area contributed by atoms with E-state index in [9.17, 15) is 4.79 Å². The van der Waals surface area contributed by atoms with Crippen LogP contribution >= 0.6 is 0 Å². The van der Waals surface area contributed by atoms with E-state index in [-0.39, 0.29) is 6.04 Å². The lowest BCUT2D eigenvalue weighted by Gasteiger charge is -2.20. The van der Waals surface area contributed by atoms with Crippen LogP contribution in [0.2, 0.25) is 0 Å². The molecule has 1 fully saturated rings. The van der Waals surface area contributed by atoms with Crippen LogP contribution in [0.5, 0.6) is 0 Å². The van der Waals surface area contributed by atoms with E-state index >= 15 is 0 Å². The summed E-state index contributed by atoms with van der Waals surface area (Å²) in [6.45, 7) is 1.52. The number of nitrogens with zero attached hydrogens (tertiary/aromatic N) is 2. The number of hydrogen-bond acceptors (Lipinski definition) is 3. The molecular weight excluding hydrogens is 230 g/mol. The number of carboxylic acids is 1. The SMILES string of the molecule is O=C(O)C1CCCN1Cc1c[nH]c2ncccc12. The van der Waals surface area contributed by atoms with Gasteiger partial charge in [0.15, 0.2) is 0 Å². The largest absolute Gasteiger partial charge is 0.480 e. The maximum Gasteiger partial charge on any atom is 0.320 e. The smallest absolute Gasteiger partial charge is 0.320 e. The lowest BCUT2D eigenvalue weighted by Crippen LogP contribution is -2.35. The van der Waals surface area contributed by atoms with Gasteiger partial charge in [0.1, 0.15) is 11.7 Å². The summed E-state index contributed by atoms with van der Waals surface area (Å²) < 4.78 is 0. The summed E-state index contributed by atoms with van der Waals surface area (Å²) in [5, 5.41) is 10.2. The summed E-state index contributed by atoms with van der Waals surface area (Å²) in [4.78, 5) is 20.5. The molecule has 94 valence electrons. The van der Waals surface area contributed by atoms with Crippen molar-refractivity contribution >= 4 is 17.0 Å². The van der Waals surface area contributed by atoms with Crippen molar-refractivity contribution in [2.24, 2.45) is 0 Å². The quantitative estimate of drug-likeness (QED) is 0.862. The molecule has 2 aromatic heterocycles. The third-order valence-electron chi connectivity index (χ3n) is 3.56. The molecule has 0 aromatic carbocycles. The fourth-order valence-electron chi connectivity index (χ4n) is 2.66. The van der Waals surface area contributed by atoms with Crippen molar-refractivity contribution in [1.29, 1.82) is 0 Å². The number of hydrogen-bond donors (Lipinski definition) is 2. The Morgan fingerprint density at radius 1 is 1.61 bits per heavy atom. The van der Waals surface area contributed by atoms with E-state index in [1.807, 2.05) is 23.2 Å². The highest BCUT2D eigenvalue weighted by molar-refractivity contribution is 5.79. The Morgan fingerprint density at radius 2 is 2.50 bits per heavy atom. The number of rotatable bonds is 3. The third kappa shape index (κ3) is 1.86. The number of likely N-dealkylation sites (tertiary alicyclic amines) is 1. The van der Waals surface area contributed by atoms with E-state index in [2.05, 4.69) is 9.97 Å². The second-order valence-corrected chi connectivity index (χ2v) is 4.68. The number of carboxylic acid groups (broad SMARTS) is 1. The second kappa shape index (κ2) is 4.42. The van der Waals surface area contributed by atoms with Gasteiger partial charge in [-0.2, -0.15) is 0 Å². The summed E-state index contributed by atoms with van der Waals surface area (Å²) in [6.07, 6.45) is 5.38. The molecule has 1 unspecified atom stereocenters. The van der Waals surface area contributed by atoms with Crippen LogP contribution in [0.1, 0.15) is 18.4 Å². The molecule has 1 atom stereocenters. The Morgan fingerprint density at radius 3 is 3.33 bits per heavy atom. The average molecular weight is 245 g/mol. The number of aromatic nitrogens is 2. The molecule has 0 radical (unpaired) electrons. The van der Waals surface area contributed by atoms with Crippen molar-refractivity contribution in [3.05, 3.63) is 30.1 Å². The zero-order chi connectivity index (χ0) is 12.5. The van der Waals surface area contributed by atoms with Crippen LogP contribution in [0, 0.1) is 0 Å². The maximum absolute atomic E-state index is 11.1. The molecule has 1 aliphatic rings. The molecule has 0 amide bonds. The molecule has 1 saturated heterocycles. The van der Waals surface area contributed by atoms with Crippen molar-refractivity contribution in [2.75, 3.05) is 6.54 Å². The molecule has 1 aliphatic heterocycles. The minimum atomic E-state index is -0.717. The van der Waals surface area contributed by atoms with Crippen LogP contribution in [-0.4, -0.2) is 38.5 Å². The number of H-pyrrole nitrogens is 1. The fourth-order valence-corrected chi connectivity index (χ4v) is 2.66. The molecule has 5 nitrogen and oxygen atoms in total. The molecule has 3 heterocycles. The number of carbonyl (C=O) groups is 1. The van der Waals surface area contributed by atoms with Crippen molar-refractivity contribution < 1.29 is 9.90 Å². The summed E-state index contributed by atoms with van der Waals surface area (Å²) in [6, 6.07) is 3.57. The lowest BCUT2D eigenvalue weighted by atomic mass is 10.2. The Hall–Kier alpha value is -1.88. The summed E-state index contributed by atoms with van der Waals surface area (Å²) >= 11 is 0. The molecule has 0 aliphatic carbocycles. The molecule has 2 aromatic rings. The van der Waals surface area contributed by atoms with Crippen molar-refractivity contribution in [3.8, 4) is 0 Å². The van der Waals surface area contributed by atoms with Gasteiger partial charge in [0, 0.05) is 24.3 Å². The van der Waals surface area contributed by atoms with E-state index in [1.54, 1.807) is 6.20 Å². The highest BCUT2D eigenvalue weighted by Gasteiger charge is 2.30. The summed E-state index contributed by atoms with van der Waals surface area (Å²) in [5.41, 5.74) is 1.98. The number of pyridine rings is 1. The molecule has 0 bridgehead atoms. The first-order chi connectivity index (χ1) is 8.75. The molecule has 5 heteroatoms. The first-order valence-electron chi connectivity index (χ1n) is 6.13. The third-order valence-corrected chi connectivity index (χ3v) is 3.56. The summed E-state index contributed by atoms with van der Waals surface area (Å²) in [7, 11) is 0. The Bertz CT molecular complexity index is 578. The zero-order valence-corrected chi connectivity index (χ0v) is 9.97. The normalized spacial score (nSPS) is 20.6. The second-order valence-electron chi connectivity index (χ2n) is 4.68. The van der Waals surface area contributed by atoms with Crippen LogP contribution in [0.15, 0.2) is 24.5 Å². The van der Waals surface area contributed by atoms with E-state index in [0.717, 1.165) is 36.0 Å². The zero-order valence-electron chi connectivity index (χ0n) is 9.97. The van der Waals surface area contributed by atoms with E-state index in [1.165, 1.54) is 0 Å². The molecular formula is C13H15N3O2. The van der Waals surface area contributed by atoms with E-state index < -0.39 is 5.97 Å².